The number of rotatable bonds is 6. The predicted octanol–water partition coefficient (Wildman–Crippen LogP) is 3.53. The number of imidazole rings is 1. The van der Waals surface area contributed by atoms with E-state index in [4.69, 9.17) is 23.8 Å². The molecule has 1 aliphatic heterocycles. The first-order chi connectivity index (χ1) is 15.1. The molecule has 8 nitrogen and oxygen atoms in total. The van der Waals surface area contributed by atoms with Crippen LogP contribution in [0.2, 0.25) is 0 Å². The van der Waals surface area contributed by atoms with Crippen LogP contribution in [0.1, 0.15) is 54.3 Å². The molecule has 1 aromatic heterocycles. The fourth-order valence-electron chi connectivity index (χ4n) is 3.84. The Balaban J connectivity index is 1.89. The number of aromatic nitrogens is 2. The van der Waals surface area contributed by atoms with E-state index in [0.29, 0.717) is 13.1 Å². The molecular formula is C24H38BN3O5. The summed E-state index contributed by atoms with van der Waals surface area (Å²) in [5, 5.41) is 0. The molecule has 182 valence electrons. The van der Waals surface area contributed by atoms with Crippen LogP contribution < -0.4 is 5.46 Å². The number of benzene rings is 1. The number of amides is 1. The number of likely N-dealkylation sites (N-methyl/N-ethyl adjacent to an activating group) is 1. The second-order valence-electron chi connectivity index (χ2n) is 10.8. The Morgan fingerprint density at radius 1 is 1.21 bits per heavy atom. The summed E-state index contributed by atoms with van der Waals surface area (Å²) < 4.78 is 26.0. The molecule has 9 heteroatoms. The lowest BCUT2D eigenvalue weighted by Gasteiger charge is -2.32. The highest BCUT2D eigenvalue weighted by atomic mass is 16.7. The number of ether oxygens (including phenoxy) is 2. The van der Waals surface area contributed by atoms with Gasteiger partial charge < -0.3 is 28.2 Å². The molecule has 3 rings (SSSR count). The van der Waals surface area contributed by atoms with Crippen molar-refractivity contribution in [3.05, 3.63) is 24.0 Å². The number of para-hydroxylation sites is 1. The van der Waals surface area contributed by atoms with Crippen LogP contribution in [0.5, 0.6) is 0 Å². The van der Waals surface area contributed by atoms with Crippen molar-refractivity contribution in [2.45, 2.75) is 84.8 Å². The van der Waals surface area contributed by atoms with Crippen molar-refractivity contribution < 1.29 is 23.6 Å². The summed E-state index contributed by atoms with van der Waals surface area (Å²) in [6, 6.07) is 5.99. The third-order valence-electron chi connectivity index (χ3n) is 6.40. The molecule has 1 unspecified atom stereocenters. The summed E-state index contributed by atoms with van der Waals surface area (Å²) >= 11 is 0. The van der Waals surface area contributed by atoms with Crippen LogP contribution in [0.3, 0.4) is 0 Å². The molecule has 0 radical (unpaired) electrons. The van der Waals surface area contributed by atoms with Gasteiger partial charge in [0.15, 0.2) is 0 Å². The highest BCUT2D eigenvalue weighted by Gasteiger charge is 2.52. The number of carbonyl (C=O) groups excluding carboxylic acids is 1. The van der Waals surface area contributed by atoms with Gasteiger partial charge in [-0.2, -0.15) is 0 Å². The summed E-state index contributed by atoms with van der Waals surface area (Å²) in [5.41, 5.74) is 1.33. The van der Waals surface area contributed by atoms with E-state index in [0.717, 1.165) is 22.3 Å². The van der Waals surface area contributed by atoms with Gasteiger partial charge >= 0.3 is 13.2 Å². The molecule has 33 heavy (non-hydrogen) atoms. The normalized spacial score (nSPS) is 18.5. The first-order valence-electron chi connectivity index (χ1n) is 11.4. The molecule has 0 spiro atoms. The molecule has 1 atom stereocenters. The lowest BCUT2D eigenvalue weighted by atomic mass is 9.78. The number of nitrogens with zero attached hydrogens (tertiary/aromatic N) is 3. The molecule has 0 saturated carbocycles. The van der Waals surface area contributed by atoms with E-state index in [1.807, 2.05) is 73.6 Å². The monoisotopic (exact) mass is 459 g/mol. The van der Waals surface area contributed by atoms with Crippen LogP contribution in [0.4, 0.5) is 4.79 Å². The third kappa shape index (κ3) is 5.36. The van der Waals surface area contributed by atoms with Crippen molar-refractivity contribution in [2.75, 3.05) is 20.7 Å². The second-order valence-corrected chi connectivity index (χ2v) is 10.8. The minimum atomic E-state index is -0.553. The molecule has 0 bridgehead atoms. The standard InChI is InChI=1S/C24H38BN3O5/c1-16-26-19-13-11-12-18(25-32-23(5,6)24(7,8)33-25)20(19)28(16)15-17(30-10)14-27(9)21(29)31-22(2,3)4/h11-13,17H,14-15H2,1-10H3. The minimum absolute atomic E-state index is 0.259. The second kappa shape index (κ2) is 8.93. The van der Waals surface area contributed by atoms with Gasteiger partial charge in [-0.1, -0.05) is 12.1 Å². The van der Waals surface area contributed by atoms with Gasteiger partial charge in [0.25, 0.3) is 0 Å². The van der Waals surface area contributed by atoms with E-state index in [2.05, 4.69) is 4.57 Å². The number of hydrogen-bond donors (Lipinski definition) is 0. The summed E-state index contributed by atoms with van der Waals surface area (Å²) in [4.78, 5) is 18.7. The number of methoxy groups -OCH3 is 1. The van der Waals surface area contributed by atoms with Crippen molar-refractivity contribution in [3.63, 3.8) is 0 Å². The zero-order valence-electron chi connectivity index (χ0n) is 21.7. The van der Waals surface area contributed by atoms with Gasteiger partial charge in [0.05, 0.1) is 41.4 Å². The summed E-state index contributed by atoms with van der Waals surface area (Å²) in [5.74, 6) is 0.857. The van der Waals surface area contributed by atoms with Crippen LogP contribution in [-0.4, -0.2) is 71.3 Å². The minimum Gasteiger partial charge on any atom is -0.444 e. The van der Waals surface area contributed by atoms with E-state index in [9.17, 15) is 4.79 Å². The van der Waals surface area contributed by atoms with Crippen LogP contribution in [0, 0.1) is 6.92 Å². The number of carbonyl (C=O) groups is 1. The smallest absolute Gasteiger partial charge is 0.444 e. The quantitative estimate of drug-likeness (QED) is 0.616. The van der Waals surface area contributed by atoms with E-state index in [1.165, 1.54) is 0 Å². The SMILES string of the molecule is COC(CN(C)C(=O)OC(C)(C)C)Cn1c(C)nc2cccc(B3OC(C)(C)C(C)(C)O3)c21. The summed E-state index contributed by atoms with van der Waals surface area (Å²) in [7, 11) is 2.87. The Kier molecular flexibility index (Phi) is 6.91. The highest BCUT2D eigenvalue weighted by Crippen LogP contribution is 2.37. The Bertz CT molecular complexity index is 995. The molecule has 2 heterocycles. The Morgan fingerprint density at radius 2 is 1.82 bits per heavy atom. The first kappa shape index (κ1) is 25.5. The van der Waals surface area contributed by atoms with Crippen LogP contribution in [-0.2, 0) is 25.3 Å². The van der Waals surface area contributed by atoms with Gasteiger partial charge in [0.1, 0.15) is 11.4 Å². The van der Waals surface area contributed by atoms with Gasteiger partial charge in [-0.3, -0.25) is 0 Å². The van der Waals surface area contributed by atoms with Crippen molar-refractivity contribution in [3.8, 4) is 0 Å². The van der Waals surface area contributed by atoms with E-state index in [-0.39, 0.29) is 12.2 Å². The number of hydrogen-bond acceptors (Lipinski definition) is 6. The average molecular weight is 459 g/mol. The Hall–Kier alpha value is -2.10. The fourth-order valence-corrected chi connectivity index (χ4v) is 3.84. The molecular weight excluding hydrogens is 421 g/mol. The third-order valence-corrected chi connectivity index (χ3v) is 6.40. The molecule has 1 aromatic carbocycles. The molecule has 1 aliphatic rings. The molecule has 1 amide bonds. The van der Waals surface area contributed by atoms with Gasteiger partial charge in [-0.15, -0.1) is 0 Å². The van der Waals surface area contributed by atoms with Crippen molar-refractivity contribution in [2.24, 2.45) is 0 Å². The lowest BCUT2D eigenvalue weighted by Crippen LogP contribution is -2.41. The first-order valence-corrected chi connectivity index (χ1v) is 11.4. The predicted molar refractivity (Wildman–Crippen MR) is 130 cm³/mol. The average Bonchev–Trinajstić information content (AvgIpc) is 3.11. The van der Waals surface area contributed by atoms with Gasteiger partial charge in [-0.05, 0) is 61.5 Å². The Morgan fingerprint density at radius 3 is 2.36 bits per heavy atom. The van der Waals surface area contributed by atoms with Gasteiger partial charge in [0, 0.05) is 19.6 Å². The van der Waals surface area contributed by atoms with Gasteiger partial charge in [0.2, 0.25) is 0 Å². The number of aryl methyl sites for hydroxylation is 1. The zero-order chi connectivity index (χ0) is 24.8. The van der Waals surface area contributed by atoms with Crippen molar-refractivity contribution in [1.29, 1.82) is 0 Å². The van der Waals surface area contributed by atoms with E-state index < -0.39 is 23.9 Å². The Labute approximate surface area is 197 Å². The maximum absolute atomic E-state index is 12.4. The summed E-state index contributed by atoms with van der Waals surface area (Å²) in [6.45, 7) is 16.6. The summed E-state index contributed by atoms with van der Waals surface area (Å²) in [6.07, 6.45) is -0.639. The molecule has 0 N–H and O–H groups in total. The molecule has 1 saturated heterocycles. The topological polar surface area (TPSA) is 75.0 Å². The maximum Gasteiger partial charge on any atom is 0.497 e. The zero-order valence-corrected chi connectivity index (χ0v) is 21.7. The van der Waals surface area contributed by atoms with Crippen molar-refractivity contribution >= 4 is 29.7 Å². The van der Waals surface area contributed by atoms with E-state index >= 15 is 0 Å². The molecule has 2 aromatic rings. The number of fused-ring (bicyclic) bond motifs is 1. The van der Waals surface area contributed by atoms with E-state index in [1.54, 1.807) is 19.1 Å². The van der Waals surface area contributed by atoms with Crippen LogP contribution >= 0.6 is 0 Å². The molecule has 1 fully saturated rings. The van der Waals surface area contributed by atoms with Crippen molar-refractivity contribution in [1.82, 2.24) is 14.5 Å². The van der Waals surface area contributed by atoms with Gasteiger partial charge in [-0.25, -0.2) is 9.78 Å². The largest absolute Gasteiger partial charge is 0.497 e. The van der Waals surface area contributed by atoms with Crippen LogP contribution in [0.15, 0.2) is 18.2 Å². The fraction of sp³-hybridized carbons (Fsp3) is 0.667. The maximum atomic E-state index is 12.4. The molecule has 0 aliphatic carbocycles. The van der Waals surface area contributed by atoms with Crippen LogP contribution in [0.25, 0.3) is 11.0 Å². The highest BCUT2D eigenvalue weighted by molar-refractivity contribution is 6.65. The lowest BCUT2D eigenvalue weighted by molar-refractivity contribution is 0.00578.